The Morgan fingerprint density at radius 2 is 2.00 bits per heavy atom. The third-order valence-electron chi connectivity index (χ3n) is 3.23. The zero-order valence-corrected chi connectivity index (χ0v) is 9.74. The minimum Gasteiger partial charge on any atom is -0.394 e. The molecule has 9 nitrogen and oxygen atoms in total. The molecule has 0 amide bonds. The first-order valence-corrected chi connectivity index (χ1v) is 5.54. The molecule has 0 radical (unpaired) electrons. The average Bonchev–Trinajstić information content (AvgIpc) is 2.64. The smallest absolute Gasteiger partial charge is 0.325 e. The van der Waals surface area contributed by atoms with E-state index in [1.54, 1.807) is 0 Å². The Bertz CT molecular complexity index is 567. The maximum Gasteiger partial charge on any atom is 0.325 e. The van der Waals surface area contributed by atoms with Crippen molar-refractivity contribution in [2.45, 2.75) is 23.9 Å². The van der Waals surface area contributed by atoms with E-state index >= 15 is 0 Å². The lowest BCUT2D eigenvalue weighted by Gasteiger charge is -2.29. The van der Waals surface area contributed by atoms with Gasteiger partial charge in [0.15, 0.2) is 5.60 Å². The van der Waals surface area contributed by atoms with Crippen LogP contribution in [0.4, 0.5) is 0 Å². The van der Waals surface area contributed by atoms with Gasteiger partial charge in [-0.3, -0.25) is 9.78 Å². The fourth-order valence-electron chi connectivity index (χ4n) is 2.20. The minimum absolute atomic E-state index is 0.239. The topological polar surface area (TPSA) is 156 Å². The number of nitrogens with one attached hydrogen (secondary N) is 2. The van der Waals surface area contributed by atoms with Crippen LogP contribution >= 0.6 is 0 Å². The molecule has 19 heavy (non-hydrogen) atoms. The summed E-state index contributed by atoms with van der Waals surface area (Å²) in [5, 5.41) is 38.1. The van der Waals surface area contributed by atoms with Gasteiger partial charge < -0.3 is 30.1 Å². The lowest BCUT2D eigenvalue weighted by Crippen LogP contribution is -2.48. The lowest BCUT2D eigenvalue weighted by atomic mass is 9.89. The first kappa shape index (κ1) is 13.9. The molecule has 0 aromatic carbocycles. The maximum absolute atomic E-state index is 11.7. The monoisotopic (exact) mass is 274 g/mol. The summed E-state index contributed by atoms with van der Waals surface area (Å²) in [6.07, 6.45) is -3.24. The SMILES string of the molecule is O=c1[nH]cc([C@]2(CO)O[C@H](CO)[C@@H](O)[C@H]2O)c(=O)[nH]1. The van der Waals surface area contributed by atoms with E-state index in [9.17, 15) is 24.9 Å². The van der Waals surface area contributed by atoms with Crippen molar-refractivity contribution in [1.29, 1.82) is 0 Å². The number of rotatable bonds is 3. The normalized spacial score (nSPS) is 34.6. The Morgan fingerprint density at radius 3 is 2.47 bits per heavy atom. The van der Waals surface area contributed by atoms with Crippen molar-refractivity contribution in [3.05, 3.63) is 32.6 Å². The van der Waals surface area contributed by atoms with Gasteiger partial charge in [0.25, 0.3) is 5.56 Å². The van der Waals surface area contributed by atoms with Gasteiger partial charge in [0.2, 0.25) is 0 Å². The molecule has 2 rings (SSSR count). The van der Waals surface area contributed by atoms with Crippen LogP contribution in [-0.2, 0) is 10.3 Å². The predicted octanol–water partition coefficient (Wildman–Crippen LogP) is -3.64. The van der Waals surface area contributed by atoms with E-state index in [1.807, 2.05) is 4.98 Å². The third kappa shape index (κ3) is 2.01. The lowest BCUT2D eigenvalue weighted by molar-refractivity contribution is -0.125. The number of aliphatic hydroxyl groups is 4. The van der Waals surface area contributed by atoms with Crippen LogP contribution in [0, 0.1) is 0 Å². The number of aromatic nitrogens is 2. The van der Waals surface area contributed by atoms with Gasteiger partial charge in [-0.1, -0.05) is 0 Å². The van der Waals surface area contributed by atoms with E-state index in [2.05, 4.69) is 4.98 Å². The van der Waals surface area contributed by atoms with Crippen molar-refractivity contribution in [2.24, 2.45) is 0 Å². The van der Waals surface area contributed by atoms with Crippen LogP contribution in [0.25, 0.3) is 0 Å². The highest BCUT2D eigenvalue weighted by Crippen LogP contribution is 2.37. The van der Waals surface area contributed by atoms with E-state index in [0.29, 0.717) is 0 Å². The number of H-pyrrole nitrogens is 2. The molecule has 0 aliphatic carbocycles. The second kappa shape index (κ2) is 4.87. The van der Waals surface area contributed by atoms with Crippen LogP contribution in [0.2, 0.25) is 0 Å². The first-order chi connectivity index (χ1) is 8.96. The van der Waals surface area contributed by atoms with E-state index in [-0.39, 0.29) is 5.56 Å². The third-order valence-corrected chi connectivity index (χ3v) is 3.23. The van der Waals surface area contributed by atoms with Crippen LogP contribution in [0.15, 0.2) is 15.8 Å². The molecule has 9 heteroatoms. The highest BCUT2D eigenvalue weighted by Gasteiger charge is 2.56. The summed E-state index contributed by atoms with van der Waals surface area (Å²) in [4.78, 5) is 26.8. The Labute approximate surface area is 106 Å². The Hall–Kier alpha value is -1.52. The van der Waals surface area contributed by atoms with Gasteiger partial charge in [0.1, 0.15) is 18.3 Å². The van der Waals surface area contributed by atoms with Crippen LogP contribution in [0.1, 0.15) is 5.56 Å². The van der Waals surface area contributed by atoms with Crippen LogP contribution < -0.4 is 11.2 Å². The zero-order chi connectivity index (χ0) is 14.2. The molecule has 1 aromatic heterocycles. The summed E-state index contributed by atoms with van der Waals surface area (Å²) in [6, 6.07) is 0. The highest BCUT2D eigenvalue weighted by molar-refractivity contribution is 5.22. The number of hydrogen-bond acceptors (Lipinski definition) is 7. The molecule has 106 valence electrons. The van der Waals surface area contributed by atoms with Crippen LogP contribution in [-0.4, -0.2) is 61.9 Å². The summed E-state index contributed by atoms with van der Waals surface area (Å²) in [7, 11) is 0. The molecule has 2 heterocycles. The molecule has 4 atom stereocenters. The first-order valence-electron chi connectivity index (χ1n) is 5.54. The van der Waals surface area contributed by atoms with Crippen molar-refractivity contribution >= 4 is 0 Å². The summed E-state index contributed by atoms with van der Waals surface area (Å²) in [6.45, 7) is -1.40. The molecule has 1 saturated heterocycles. The fraction of sp³-hybridized carbons (Fsp3) is 0.600. The highest BCUT2D eigenvalue weighted by atomic mass is 16.6. The number of ether oxygens (including phenoxy) is 1. The molecular weight excluding hydrogens is 260 g/mol. The van der Waals surface area contributed by atoms with E-state index < -0.39 is 48.4 Å². The zero-order valence-electron chi connectivity index (χ0n) is 9.74. The summed E-state index contributed by atoms with van der Waals surface area (Å²) < 4.78 is 5.24. The van der Waals surface area contributed by atoms with Crippen molar-refractivity contribution in [1.82, 2.24) is 9.97 Å². The van der Waals surface area contributed by atoms with Gasteiger partial charge in [-0.2, -0.15) is 0 Å². The molecule has 0 bridgehead atoms. The standard InChI is InChI=1S/C10H14N2O7/c13-2-5-6(15)7(16)10(3-14,19-5)4-1-11-9(18)12-8(4)17/h1,5-7,13-16H,2-3H2,(H2,11,12,17,18)/t5-,6-,7-,10+/m1/s1. The number of hydrogen-bond donors (Lipinski definition) is 6. The van der Waals surface area contributed by atoms with Crippen molar-refractivity contribution in [3.8, 4) is 0 Å². The second-order valence-electron chi connectivity index (χ2n) is 4.31. The van der Waals surface area contributed by atoms with Crippen molar-refractivity contribution in [2.75, 3.05) is 13.2 Å². The average molecular weight is 274 g/mol. The van der Waals surface area contributed by atoms with Gasteiger partial charge in [0.05, 0.1) is 18.8 Å². The van der Waals surface area contributed by atoms with Gasteiger partial charge in [-0.05, 0) is 0 Å². The van der Waals surface area contributed by atoms with Crippen molar-refractivity contribution in [3.63, 3.8) is 0 Å². The van der Waals surface area contributed by atoms with E-state index in [4.69, 9.17) is 9.84 Å². The second-order valence-corrected chi connectivity index (χ2v) is 4.31. The molecule has 0 unspecified atom stereocenters. The maximum atomic E-state index is 11.7. The Morgan fingerprint density at radius 1 is 1.32 bits per heavy atom. The molecule has 1 aromatic rings. The summed E-state index contributed by atoms with van der Waals surface area (Å²) in [5.74, 6) is 0. The van der Waals surface area contributed by atoms with Gasteiger partial charge in [-0.25, -0.2) is 4.79 Å². The minimum atomic E-state index is -1.90. The predicted molar refractivity (Wildman–Crippen MR) is 60.4 cm³/mol. The van der Waals surface area contributed by atoms with Gasteiger partial charge >= 0.3 is 5.69 Å². The molecule has 1 fully saturated rings. The van der Waals surface area contributed by atoms with Crippen molar-refractivity contribution < 1.29 is 25.2 Å². The number of aromatic amines is 2. The van der Waals surface area contributed by atoms with Crippen LogP contribution in [0.3, 0.4) is 0 Å². The van der Waals surface area contributed by atoms with E-state index in [0.717, 1.165) is 6.20 Å². The van der Waals surface area contributed by atoms with Gasteiger partial charge in [0, 0.05) is 6.20 Å². The molecule has 0 spiro atoms. The molecule has 0 saturated carbocycles. The molecule has 1 aliphatic rings. The summed E-state index contributed by atoms with van der Waals surface area (Å²) in [5.41, 5.74) is -3.75. The molecule has 1 aliphatic heterocycles. The summed E-state index contributed by atoms with van der Waals surface area (Å²) >= 11 is 0. The van der Waals surface area contributed by atoms with Crippen LogP contribution in [0.5, 0.6) is 0 Å². The van der Waals surface area contributed by atoms with E-state index in [1.165, 1.54) is 0 Å². The quantitative estimate of drug-likeness (QED) is 0.332. The Kier molecular flexibility index (Phi) is 3.56. The molecule has 6 N–H and O–H groups in total. The fourth-order valence-corrected chi connectivity index (χ4v) is 2.20. The Balaban J connectivity index is 2.55. The molecular formula is C10H14N2O7. The number of aliphatic hydroxyl groups excluding tert-OH is 4. The largest absolute Gasteiger partial charge is 0.394 e. The van der Waals surface area contributed by atoms with Gasteiger partial charge in [-0.15, -0.1) is 0 Å².